The first-order valence-electron chi connectivity index (χ1n) is 8.55. The van der Waals surface area contributed by atoms with Crippen molar-refractivity contribution in [3.05, 3.63) is 77.9 Å². The van der Waals surface area contributed by atoms with Crippen molar-refractivity contribution in [3.8, 4) is 0 Å². The van der Waals surface area contributed by atoms with Gasteiger partial charge in [-0.15, -0.1) is 12.6 Å². The molecule has 7 heteroatoms. The number of anilines is 4. The molecule has 0 spiro atoms. The molecule has 28 heavy (non-hydrogen) atoms. The lowest BCUT2D eigenvalue weighted by molar-refractivity contribution is -0.115. The Morgan fingerprint density at radius 3 is 2.25 bits per heavy atom. The summed E-state index contributed by atoms with van der Waals surface area (Å²) in [4.78, 5) is 25.3. The number of para-hydroxylation sites is 1. The van der Waals surface area contributed by atoms with Crippen LogP contribution in [-0.2, 0) is 11.2 Å². The first-order valence-corrected chi connectivity index (χ1v) is 9.00. The third-order valence-electron chi connectivity index (χ3n) is 4.10. The van der Waals surface area contributed by atoms with Gasteiger partial charge in [0.2, 0.25) is 5.91 Å². The summed E-state index contributed by atoms with van der Waals surface area (Å²) < 4.78 is 0. The van der Waals surface area contributed by atoms with E-state index in [1.165, 1.54) is 0 Å². The molecule has 0 fully saturated rings. The van der Waals surface area contributed by atoms with Crippen molar-refractivity contribution >= 4 is 47.2 Å². The first-order chi connectivity index (χ1) is 13.4. The Bertz CT molecular complexity index is 1040. The fourth-order valence-corrected chi connectivity index (χ4v) is 2.79. The number of carbonyl (C=O) groups excluding carboxylic acids is 2. The smallest absolute Gasteiger partial charge is 0.255 e. The number of thiol groups is 1. The van der Waals surface area contributed by atoms with Crippen molar-refractivity contribution in [2.45, 2.75) is 11.3 Å². The van der Waals surface area contributed by atoms with Crippen molar-refractivity contribution in [1.29, 1.82) is 0 Å². The number of benzene rings is 3. The van der Waals surface area contributed by atoms with E-state index in [2.05, 4.69) is 23.3 Å². The normalized spacial score (nSPS) is 10.3. The summed E-state index contributed by atoms with van der Waals surface area (Å²) in [5.41, 5.74) is 15.0. The number of amides is 2. The lowest BCUT2D eigenvalue weighted by Gasteiger charge is -2.10. The van der Waals surface area contributed by atoms with Crippen LogP contribution in [0.5, 0.6) is 0 Å². The number of nitrogens with two attached hydrogens (primary N) is 2. The Morgan fingerprint density at radius 2 is 1.54 bits per heavy atom. The Morgan fingerprint density at radius 1 is 0.821 bits per heavy atom. The van der Waals surface area contributed by atoms with E-state index in [1.807, 2.05) is 18.2 Å². The van der Waals surface area contributed by atoms with E-state index < -0.39 is 0 Å². The van der Waals surface area contributed by atoms with Crippen LogP contribution >= 0.6 is 12.6 Å². The van der Waals surface area contributed by atoms with Crippen LogP contribution in [0.25, 0.3) is 0 Å². The van der Waals surface area contributed by atoms with Gasteiger partial charge in [-0.05, 0) is 48.0 Å². The average molecular weight is 392 g/mol. The molecule has 0 saturated heterocycles. The highest BCUT2D eigenvalue weighted by Crippen LogP contribution is 2.20. The van der Waals surface area contributed by atoms with Crippen LogP contribution in [0.1, 0.15) is 15.9 Å². The minimum atomic E-state index is -0.305. The molecule has 0 atom stereocenters. The average Bonchev–Trinajstić information content (AvgIpc) is 2.66. The summed E-state index contributed by atoms with van der Waals surface area (Å²) >= 11 is 4.19. The number of hydrogen-bond acceptors (Lipinski definition) is 5. The molecule has 3 aromatic rings. The molecular weight excluding hydrogens is 372 g/mol. The van der Waals surface area contributed by atoms with Gasteiger partial charge >= 0.3 is 0 Å². The van der Waals surface area contributed by atoms with Gasteiger partial charge < -0.3 is 22.1 Å². The largest absolute Gasteiger partial charge is 0.398 e. The molecule has 0 aliphatic carbocycles. The van der Waals surface area contributed by atoms with Gasteiger partial charge in [0.25, 0.3) is 5.91 Å². The lowest BCUT2D eigenvalue weighted by Crippen LogP contribution is -2.16. The maximum Gasteiger partial charge on any atom is 0.255 e. The van der Waals surface area contributed by atoms with Crippen molar-refractivity contribution in [2.75, 3.05) is 22.1 Å². The van der Waals surface area contributed by atoms with Gasteiger partial charge in [0.1, 0.15) is 0 Å². The first kappa shape index (κ1) is 19.3. The van der Waals surface area contributed by atoms with Crippen LogP contribution in [0.2, 0.25) is 0 Å². The standard InChI is InChI=1S/C21H20N4O2S/c22-17-7-2-1-4-13(17)11-20(26)24-15-5-3-6-16(12-15)25-21(27)14-8-9-19(28)18(23)10-14/h1-10,12,28H,11,22-23H2,(H,24,26)(H,25,27). The predicted octanol–water partition coefficient (Wildman–Crippen LogP) is 3.57. The van der Waals surface area contributed by atoms with Gasteiger partial charge in [0, 0.05) is 33.2 Å². The minimum absolute atomic E-state index is 0.165. The Kier molecular flexibility index (Phi) is 5.86. The SMILES string of the molecule is Nc1cc(C(=O)Nc2cccc(NC(=O)Cc3ccccc3N)c2)ccc1S. The van der Waals surface area contributed by atoms with Crippen molar-refractivity contribution in [3.63, 3.8) is 0 Å². The molecule has 0 aliphatic heterocycles. The summed E-state index contributed by atoms with van der Waals surface area (Å²) in [7, 11) is 0. The Balaban J connectivity index is 1.66. The molecule has 3 aromatic carbocycles. The van der Waals surface area contributed by atoms with E-state index in [0.717, 1.165) is 5.56 Å². The van der Waals surface area contributed by atoms with E-state index in [-0.39, 0.29) is 18.2 Å². The van der Waals surface area contributed by atoms with Gasteiger partial charge in [-0.1, -0.05) is 24.3 Å². The molecule has 3 rings (SSSR count). The van der Waals surface area contributed by atoms with Crippen molar-refractivity contribution in [1.82, 2.24) is 0 Å². The van der Waals surface area contributed by atoms with Crippen LogP contribution < -0.4 is 22.1 Å². The number of nitrogen functional groups attached to an aromatic ring is 2. The molecule has 6 N–H and O–H groups in total. The van der Waals surface area contributed by atoms with E-state index in [1.54, 1.807) is 48.5 Å². The number of rotatable bonds is 5. The van der Waals surface area contributed by atoms with Gasteiger partial charge in [-0.25, -0.2) is 0 Å². The Hall–Kier alpha value is -3.45. The zero-order valence-corrected chi connectivity index (χ0v) is 15.9. The second-order valence-electron chi connectivity index (χ2n) is 6.23. The monoisotopic (exact) mass is 392 g/mol. The fraction of sp³-hybridized carbons (Fsp3) is 0.0476. The van der Waals surface area contributed by atoms with Crippen LogP contribution in [0.3, 0.4) is 0 Å². The van der Waals surface area contributed by atoms with Gasteiger partial charge in [-0.3, -0.25) is 9.59 Å². The molecule has 0 heterocycles. The van der Waals surface area contributed by atoms with Crippen LogP contribution in [-0.4, -0.2) is 11.8 Å². The summed E-state index contributed by atoms with van der Waals surface area (Å²) in [6.45, 7) is 0. The molecule has 0 unspecified atom stereocenters. The molecule has 0 bridgehead atoms. The molecule has 6 nitrogen and oxygen atoms in total. The van der Waals surface area contributed by atoms with Crippen LogP contribution in [0.15, 0.2) is 71.6 Å². The van der Waals surface area contributed by atoms with Crippen molar-refractivity contribution < 1.29 is 9.59 Å². The molecule has 0 radical (unpaired) electrons. The maximum atomic E-state index is 12.4. The molecule has 2 amide bonds. The van der Waals surface area contributed by atoms with E-state index in [9.17, 15) is 9.59 Å². The molecule has 0 saturated carbocycles. The summed E-state index contributed by atoms with van der Waals surface area (Å²) in [5.74, 6) is -0.501. The number of nitrogens with one attached hydrogen (secondary N) is 2. The van der Waals surface area contributed by atoms with Crippen molar-refractivity contribution in [2.24, 2.45) is 0 Å². The van der Waals surface area contributed by atoms with Gasteiger partial charge in [-0.2, -0.15) is 0 Å². The highest BCUT2D eigenvalue weighted by Gasteiger charge is 2.10. The predicted molar refractivity (Wildman–Crippen MR) is 116 cm³/mol. The highest BCUT2D eigenvalue weighted by molar-refractivity contribution is 7.80. The van der Waals surface area contributed by atoms with E-state index in [0.29, 0.717) is 33.2 Å². The minimum Gasteiger partial charge on any atom is -0.398 e. The van der Waals surface area contributed by atoms with Gasteiger partial charge in [0.15, 0.2) is 0 Å². The van der Waals surface area contributed by atoms with Crippen LogP contribution in [0, 0.1) is 0 Å². The van der Waals surface area contributed by atoms with E-state index in [4.69, 9.17) is 11.5 Å². The third kappa shape index (κ3) is 4.83. The molecule has 0 aliphatic rings. The highest BCUT2D eigenvalue weighted by atomic mass is 32.1. The zero-order chi connectivity index (χ0) is 20.1. The molecule has 0 aromatic heterocycles. The topological polar surface area (TPSA) is 110 Å². The second-order valence-corrected chi connectivity index (χ2v) is 6.71. The second kappa shape index (κ2) is 8.49. The Labute approximate surface area is 168 Å². The lowest BCUT2D eigenvalue weighted by atomic mass is 10.1. The van der Waals surface area contributed by atoms with E-state index >= 15 is 0 Å². The quantitative estimate of drug-likeness (QED) is 0.338. The third-order valence-corrected chi connectivity index (χ3v) is 4.51. The zero-order valence-electron chi connectivity index (χ0n) is 15.0. The summed E-state index contributed by atoms with van der Waals surface area (Å²) in [5, 5.41) is 5.60. The maximum absolute atomic E-state index is 12.4. The van der Waals surface area contributed by atoms with Crippen LogP contribution in [0.4, 0.5) is 22.7 Å². The summed E-state index contributed by atoms with van der Waals surface area (Å²) in [6, 6.07) is 19.0. The van der Waals surface area contributed by atoms with Gasteiger partial charge in [0.05, 0.1) is 6.42 Å². The summed E-state index contributed by atoms with van der Waals surface area (Å²) in [6.07, 6.45) is 0.165. The number of carbonyl (C=O) groups is 2. The molecular formula is C21H20N4O2S. The number of hydrogen-bond donors (Lipinski definition) is 5. The molecule has 142 valence electrons. The fourth-order valence-electron chi connectivity index (χ4n) is 2.65.